The number of amides is 3. The summed E-state index contributed by atoms with van der Waals surface area (Å²) in [6.07, 6.45) is 1.40. The molecular formula is C40H51N9O6S. The van der Waals surface area contributed by atoms with Gasteiger partial charge in [0.05, 0.1) is 57.9 Å². The Balaban J connectivity index is 1.10. The average Bonchev–Trinajstić information content (AvgIpc) is 4.03. The Bertz CT molecular complexity index is 2230. The summed E-state index contributed by atoms with van der Waals surface area (Å²) in [5, 5.41) is 16.5. The van der Waals surface area contributed by atoms with Gasteiger partial charge in [-0.1, -0.05) is 33.8 Å². The fraction of sp³-hybridized carbons (Fsp3) is 0.500. The number of H-pyrrole nitrogens is 2. The number of aryl methyl sites for hydroxylation is 1. The quantitative estimate of drug-likeness (QED) is 0.0970. The van der Waals surface area contributed by atoms with E-state index < -0.39 is 24.6 Å². The molecule has 298 valence electrons. The van der Waals surface area contributed by atoms with E-state index in [0.29, 0.717) is 13.1 Å². The average molecular weight is 786 g/mol. The van der Waals surface area contributed by atoms with Gasteiger partial charge in [-0.25, -0.2) is 19.7 Å². The van der Waals surface area contributed by atoms with Crippen LogP contribution in [0.4, 0.5) is 4.79 Å². The molecule has 0 radical (unpaired) electrons. The van der Waals surface area contributed by atoms with Crippen LogP contribution in [0.2, 0.25) is 0 Å². The third kappa shape index (κ3) is 7.75. The summed E-state index contributed by atoms with van der Waals surface area (Å²) < 4.78 is 9.75. The number of ether oxygens (including phenoxy) is 2. The van der Waals surface area contributed by atoms with Gasteiger partial charge in [0, 0.05) is 25.8 Å². The van der Waals surface area contributed by atoms with Crippen molar-refractivity contribution in [1.29, 1.82) is 0 Å². The molecule has 7 rings (SSSR count). The number of likely N-dealkylation sites (tertiary alicyclic amines) is 2. The molecular weight excluding hydrogens is 735 g/mol. The molecule has 3 aromatic heterocycles. The summed E-state index contributed by atoms with van der Waals surface area (Å²) in [7, 11) is 2.68. The first kappa shape index (κ1) is 39.3. The second kappa shape index (κ2) is 16.3. The molecule has 3 amide bonds. The van der Waals surface area contributed by atoms with Crippen LogP contribution in [-0.4, -0.2) is 104 Å². The number of carbonyl (C=O) groups excluding carboxylic acids is 3. The lowest BCUT2D eigenvalue weighted by Crippen LogP contribution is -2.52. The standard InChI is InChI=1S/C40H51N9O6S/c1-20(2)31(46-39(52)54-6)37(50)48-16-8-10-29(48)34-42-25-14-12-23(18-27(25)44-34)33-22(5)41-36(56-33)24-13-15-26-28(19-24)45-35(43-26)30-11-9-17-49(30)38(51)32(21(3)4)47-40(53)55-7/h12-15,18-21,29-32,40,47,53H,8-11,16-17H2,1-7H3,(H,42,44)(H,43,45)(H,46,52)/t29-,30-,31-,32-,40?/m0/s1. The summed E-state index contributed by atoms with van der Waals surface area (Å²) in [5.74, 6) is 1.06. The minimum Gasteiger partial charge on any atom is -0.453 e. The smallest absolute Gasteiger partial charge is 0.407 e. The van der Waals surface area contributed by atoms with E-state index in [1.165, 1.54) is 14.2 Å². The topological polar surface area (TPSA) is 191 Å². The van der Waals surface area contributed by atoms with E-state index in [9.17, 15) is 19.5 Å². The van der Waals surface area contributed by atoms with Crippen molar-refractivity contribution in [1.82, 2.24) is 45.4 Å². The molecule has 2 aromatic carbocycles. The highest BCUT2D eigenvalue weighted by molar-refractivity contribution is 7.18. The van der Waals surface area contributed by atoms with Crippen LogP contribution in [0.15, 0.2) is 36.4 Å². The first-order valence-corrected chi connectivity index (χ1v) is 20.1. The Hall–Kier alpha value is -4.90. The monoisotopic (exact) mass is 785 g/mol. The molecule has 5 atom stereocenters. The van der Waals surface area contributed by atoms with Crippen molar-refractivity contribution < 1.29 is 29.0 Å². The van der Waals surface area contributed by atoms with Crippen LogP contribution in [0.25, 0.3) is 43.1 Å². The van der Waals surface area contributed by atoms with E-state index in [1.54, 1.807) is 11.3 Å². The SMILES string of the molecule is COC(=O)N[C@H](C(=O)N1CCC[C@H]1c1nc2ccc(-c3sc(-c4ccc5nc([C@@H]6CCCN6C(=O)[C@@H](NC(O)OC)C(C)C)[nH]c5c4)nc3C)cc2[nH]1)C(C)C. The molecule has 0 aliphatic carbocycles. The third-order valence-corrected chi connectivity index (χ3v) is 12.1. The van der Waals surface area contributed by atoms with Gasteiger partial charge in [0.1, 0.15) is 22.7 Å². The minimum atomic E-state index is -1.23. The number of rotatable bonds is 12. The molecule has 0 bridgehead atoms. The second-order valence-corrected chi connectivity index (χ2v) is 16.4. The van der Waals surface area contributed by atoms with Crippen molar-refractivity contribution in [2.24, 2.45) is 11.8 Å². The highest BCUT2D eigenvalue weighted by Gasteiger charge is 2.39. The number of aliphatic hydroxyl groups excluding tert-OH is 1. The van der Waals surface area contributed by atoms with Gasteiger partial charge in [-0.05, 0) is 80.3 Å². The molecule has 15 nitrogen and oxygen atoms in total. The van der Waals surface area contributed by atoms with Crippen LogP contribution in [0.3, 0.4) is 0 Å². The first-order chi connectivity index (χ1) is 26.9. The Labute approximate surface area is 329 Å². The van der Waals surface area contributed by atoms with Crippen LogP contribution < -0.4 is 10.6 Å². The van der Waals surface area contributed by atoms with E-state index in [-0.39, 0.29) is 35.7 Å². The molecule has 2 saturated heterocycles. The zero-order valence-electron chi connectivity index (χ0n) is 32.9. The number of aromatic amines is 2. The van der Waals surface area contributed by atoms with Gasteiger partial charge in [-0.3, -0.25) is 14.9 Å². The van der Waals surface area contributed by atoms with Crippen molar-refractivity contribution in [2.75, 3.05) is 27.3 Å². The summed E-state index contributed by atoms with van der Waals surface area (Å²) in [6, 6.07) is 10.5. The van der Waals surface area contributed by atoms with E-state index in [1.807, 2.05) is 62.6 Å². The van der Waals surface area contributed by atoms with Crippen molar-refractivity contribution in [3.63, 3.8) is 0 Å². The van der Waals surface area contributed by atoms with Crippen LogP contribution in [0.1, 0.15) is 82.8 Å². The minimum absolute atomic E-state index is 0.0562. The number of aromatic nitrogens is 5. The van der Waals surface area contributed by atoms with Crippen molar-refractivity contribution in [3.8, 4) is 21.0 Å². The van der Waals surface area contributed by atoms with Crippen LogP contribution in [-0.2, 0) is 19.1 Å². The number of imidazole rings is 2. The molecule has 2 fully saturated rings. The highest BCUT2D eigenvalue weighted by Crippen LogP contribution is 2.39. The number of benzene rings is 2. The molecule has 0 saturated carbocycles. The zero-order chi connectivity index (χ0) is 39.8. The van der Waals surface area contributed by atoms with Crippen molar-refractivity contribution in [3.05, 3.63) is 53.7 Å². The fourth-order valence-electron chi connectivity index (χ4n) is 7.89. The molecule has 5 aromatic rings. The van der Waals surface area contributed by atoms with Crippen LogP contribution in [0.5, 0.6) is 0 Å². The van der Waals surface area contributed by atoms with Crippen molar-refractivity contribution in [2.45, 2.75) is 90.9 Å². The summed E-state index contributed by atoms with van der Waals surface area (Å²) in [6.45, 7) is 10.9. The van der Waals surface area contributed by atoms with Gasteiger partial charge in [0.15, 0.2) is 0 Å². The third-order valence-electron chi connectivity index (χ3n) is 10.9. The molecule has 2 aliphatic rings. The normalized spacial score (nSPS) is 19.0. The molecule has 56 heavy (non-hydrogen) atoms. The Morgan fingerprint density at radius 1 is 0.821 bits per heavy atom. The number of thiazole rings is 1. The maximum Gasteiger partial charge on any atom is 0.407 e. The predicted molar refractivity (Wildman–Crippen MR) is 213 cm³/mol. The van der Waals surface area contributed by atoms with Gasteiger partial charge in [0.2, 0.25) is 18.2 Å². The number of aliphatic hydroxyl groups is 1. The van der Waals surface area contributed by atoms with Gasteiger partial charge in [-0.15, -0.1) is 11.3 Å². The molecule has 5 N–H and O–H groups in total. The molecule has 1 unspecified atom stereocenters. The summed E-state index contributed by atoms with van der Waals surface area (Å²) in [5.41, 5.74) is 6.24. The predicted octanol–water partition coefficient (Wildman–Crippen LogP) is 5.78. The van der Waals surface area contributed by atoms with Crippen LogP contribution >= 0.6 is 11.3 Å². The molecule has 0 spiro atoms. The van der Waals surface area contributed by atoms with Gasteiger partial charge in [0.25, 0.3) is 0 Å². The number of methoxy groups -OCH3 is 2. The number of nitrogens with one attached hydrogen (secondary N) is 4. The first-order valence-electron chi connectivity index (χ1n) is 19.3. The largest absolute Gasteiger partial charge is 0.453 e. The zero-order valence-corrected chi connectivity index (χ0v) is 33.7. The van der Waals surface area contributed by atoms with Crippen molar-refractivity contribution >= 4 is 51.3 Å². The highest BCUT2D eigenvalue weighted by atomic mass is 32.1. The molecule has 5 heterocycles. The number of fused-ring (bicyclic) bond motifs is 2. The Morgan fingerprint density at radius 3 is 1.89 bits per heavy atom. The van der Waals surface area contributed by atoms with Gasteiger partial charge >= 0.3 is 6.09 Å². The van der Waals surface area contributed by atoms with Gasteiger partial charge in [-0.2, -0.15) is 0 Å². The van der Waals surface area contributed by atoms with E-state index >= 15 is 0 Å². The fourth-order valence-corrected chi connectivity index (χ4v) is 8.95. The Kier molecular flexibility index (Phi) is 11.4. The number of carbonyl (C=O) groups is 3. The Morgan fingerprint density at radius 2 is 1.36 bits per heavy atom. The molecule has 2 aliphatic heterocycles. The summed E-state index contributed by atoms with van der Waals surface area (Å²) in [4.78, 5) is 65.9. The lowest BCUT2D eigenvalue weighted by atomic mass is 10.0. The lowest BCUT2D eigenvalue weighted by molar-refractivity contribution is -0.145. The summed E-state index contributed by atoms with van der Waals surface area (Å²) >= 11 is 1.61. The second-order valence-electron chi connectivity index (χ2n) is 15.4. The van der Waals surface area contributed by atoms with E-state index in [2.05, 4.69) is 38.8 Å². The number of alkyl carbamates (subject to hydrolysis) is 1. The van der Waals surface area contributed by atoms with Gasteiger partial charge < -0.3 is 39.7 Å². The van der Waals surface area contributed by atoms with Crippen LogP contribution in [0, 0.1) is 18.8 Å². The maximum atomic E-state index is 13.7. The van der Waals surface area contributed by atoms with E-state index in [4.69, 9.17) is 24.4 Å². The number of hydrogen-bond donors (Lipinski definition) is 5. The number of hydrogen-bond acceptors (Lipinski definition) is 11. The molecule has 16 heteroatoms. The lowest BCUT2D eigenvalue weighted by Gasteiger charge is -2.31. The number of nitrogens with zero attached hydrogens (tertiary/aromatic N) is 5. The maximum absolute atomic E-state index is 13.7. The van der Waals surface area contributed by atoms with E-state index in [0.717, 1.165) is 86.1 Å².